The minimum absolute atomic E-state index is 0.0873. The van der Waals surface area contributed by atoms with Gasteiger partial charge in [-0.2, -0.15) is 0 Å². The summed E-state index contributed by atoms with van der Waals surface area (Å²) in [7, 11) is -2.93. The Kier molecular flexibility index (Phi) is 6.25. The van der Waals surface area contributed by atoms with Gasteiger partial charge in [0.1, 0.15) is 12.2 Å². The first-order chi connectivity index (χ1) is 12.6. The average Bonchev–Trinajstić information content (AvgIpc) is 3.33. The van der Waals surface area contributed by atoms with Crippen LogP contribution in [0.4, 0.5) is 0 Å². The molecule has 1 fully saturated rings. The van der Waals surface area contributed by atoms with Crippen LogP contribution in [0, 0.1) is 0 Å². The molecule has 3 rings (SSSR count). The molecule has 0 bridgehead atoms. The zero-order valence-electron chi connectivity index (χ0n) is 14.8. The molecule has 0 saturated carbocycles. The van der Waals surface area contributed by atoms with Crippen LogP contribution < -0.4 is 10.6 Å². The van der Waals surface area contributed by atoms with Gasteiger partial charge in [-0.15, -0.1) is 21.5 Å². The van der Waals surface area contributed by atoms with Crippen LogP contribution in [0.5, 0.6) is 0 Å². The monoisotopic (exact) mass is 396 g/mol. The molecular weight excluding hydrogens is 372 g/mol. The van der Waals surface area contributed by atoms with Gasteiger partial charge in [0.15, 0.2) is 15.8 Å². The summed E-state index contributed by atoms with van der Waals surface area (Å²) in [6.45, 7) is 3.99. The van der Waals surface area contributed by atoms with Gasteiger partial charge in [0.2, 0.25) is 0 Å². The quantitative estimate of drug-likeness (QED) is 0.531. The van der Waals surface area contributed by atoms with Gasteiger partial charge >= 0.3 is 0 Å². The van der Waals surface area contributed by atoms with Gasteiger partial charge in [0.05, 0.1) is 18.1 Å². The van der Waals surface area contributed by atoms with E-state index in [2.05, 4.69) is 25.8 Å². The Labute approximate surface area is 157 Å². The number of hydrogen-bond donors (Lipinski definition) is 2. The van der Waals surface area contributed by atoms with Crippen LogP contribution in [0.15, 0.2) is 28.8 Å². The second-order valence-corrected chi connectivity index (χ2v) is 9.47. The third-order valence-electron chi connectivity index (χ3n) is 4.20. The number of aromatic nitrogens is 3. The van der Waals surface area contributed by atoms with E-state index >= 15 is 0 Å². The number of hydrogen-bond acceptors (Lipinski definition) is 6. The van der Waals surface area contributed by atoms with Crippen molar-refractivity contribution in [2.45, 2.75) is 38.9 Å². The van der Waals surface area contributed by atoms with E-state index in [-0.39, 0.29) is 17.5 Å². The Balaban J connectivity index is 1.59. The highest BCUT2D eigenvalue weighted by Crippen LogP contribution is 2.12. The third kappa shape index (κ3) is 5.28. The minimum atomic E-state index is -2.93. The van der Waals surface area contributed by atoms with Gasteiger partial charge in [0.25, 0.3) is 0 Å². The fraction of sp³-hybridized carbons (Fsp3) is 0.562. The molecule has 0 spiro atoms. The molecule has 0 amide bonds. The maximum atomic E-state index is 11.7. The van der Waals surface area contributed by atoms with E-state index in [1.807, 2.05) is 29.0 Å². The summed E-state index contributed by atoms with van der Waals surface area (Å²) in [5, 5.41) is 16.6. The van der Waals surface area contributed by atoms with Crippen LogP contribution in [0.3, 0.4) is 0 Å². The number of aryl methyl sites for hydroxylation is 1. The largest absolute Gasteiger partial charge is 0.355 e. The van der Waals surface area contributed by atoms with E-state index in [1.165, 1.54) is 0 Å². The van der Waals surface area contributed by atoms with Crippen LogP contribution in [-0.4, -0.2) is 53.2 Å². The van der Waals surface area contributed by atoms with E-state index in [9.17, 15) is 8.42 Å². The van der Waals surface area contributed by atoms with E-state index in [4.69, 9.17) is 0 Å². The molecule has 2 aromatic heterocycles. The first-order valence-electron chi connectivity index (χ1n) is 8.70. The van der Waals surface area contributed by atoms with Crippen molar-refractivity contribution in [3.8, 4) is 0 Å². The molecule has 0 aromatic carbocycles. The van der Waals surface area contributed by atoms with Gasteiger partial charge < -0.3 is 15.2 Å². The molecule has 10 heteroatoms. The van der Waals surface area contributed by atoms with Crippen molar-refractivity contribution in [3.05, 3.63) is 34.5 Å². The van der Waals surface area contributed by atoms with Crippen molar-refractivity contribution < 1.29 is 8.42 Å². The van der Waals surface area contributed by atoms with Gasteiger partial charge in [-0.1, -0.05) is 13.0 Å². The van der Waals surface area contributed by atoms with Crippen molar-refractivity contribution in [2.75, 3.05) is 18.1 Å². The predicted molar refractivity (Wildman–Crippen MR) is 103 cm³/mol. The fourth-order valence-electron chi connectivity index (χ4n) is 2.85. The Morgan fingerprint density at radius 1 is 1.50 bits per heavy atom. The molecule has 0 radical (unpaired) electrons. The van der Waals surface area contributed by atoms with E-state index in [0.717, 1.165) is 23.7 Å². The SMILES string of the molecule is CCc1nncn1CCNC(=NCc1cccs1)NC1CCS(=O)(=O)C1. The van der Waals surface area contributed by atoms with Crippen molar-refractivity contribution in [3.63, 3.8) is 0 Å². The highest BCUT2D eigenvalue weighted by Gasteiger charge is 2.28. The number of rotatable bonds is 7. The van der Waals surface area contributed by atoms with Crippen molar-refractivity contribution in [2.24, 2.45) is 4.99 Å². The highest BCUT2D eigenvalue weighted by atomic mass is 32.2. The molecule has 2 N–H and O–H groups in total. The Hall–Kier alpha value is -1.94. The Bertz CT molecular complexity index is 829. The lowest BCUT2D eigenvalue weighted by Gasteiger charge is -2.17. The molecule has 1 unspecified atom stereocenters. The summed E-state index contributed by atoms with van der Waals surface area (Å²) >= 11 is 1.66. The molecule has 1 aliphatic rings. The lowest BCUT2D eigenvalue weighted by Crippen LogP contribution is -2.45. The summed E-state index contributed by atoms with van der Waals surface area (Å²) in [5.41, 5.74) is 0. The van der Waals surface area contributed by atoms with Crippen molar-refractivity contribution >= 4 is 27.1 Å². The molecule has 1 aliphatic heterocycles. The molecule has 8 nitrogen and oxygen atoms in total. The molecule has 1 saturated heterocycles. The Morgan fingerprint density at radius 3 is 3.08 bits per heavy atom. The van der Waals surface area contributed by atoms with Crippen LogP contribution in [0.25, 0.3) is 0 Å². The Morgan fingerprint density at radius 2 is 2.38 bits per heavy atom. The predicted octanol–water partition coefficient (Wildman–Crippen LogP) is 0.825. The summed E-state index contributed by atoms with van der Waals surface area (Å²) in [4.78, 5) is 5.77. The number of aliphatic imine (C=N–C) groups is 1. The number of thiophene rings is 1. The van der Waals surface area contributed by atoms with Gasteiger partial charge in [0, 0.05) is 30.4 Å². The number of nitrogens with zero attached hydrogens (tertiary/aromatic N) is 4. The molecule has 142 valence electrons. The maximum Gasteiger partial charge on any atom is 0.191 e. The van der Waals surface area contributed by atoms with E-state index < -0.39 is 9.84 Å². The number of sulfone groups is 1. The summed E-state index contributed by atoms with van der Waals surface area (Å²) in [5.74, 6) is 1.99. The lowest BCUT2D eigenvalue weighted by molar-refractivity contribution is 0.597. The van der Waals surface area contributed by atoms with Crippen molar-refractivity contribution in [1.82, 2.24) is 25.4 Å². The summed E-state index contributed by atoms with van der Waals surface area (Å²) in [6, 6.07) is 3.95. The zero-order chi connectivity index (χ0) is 18.4. The van der Waals surface area contributed by atoms with E-state index in [0.29, 0.717) is 25.5 Å². The average molecular weight is 397 g/mol. The number of guanidine groups is 1. The van der Waals surface area contributed by atoms with Gasteiger partial charge in [-0.3, -0.25) is 0 Å². The van der Waals surface area contributed by atoms with E-state index in [1.54, 1.807) is 17.7 Å². The van der Waals surface area contributed by atoms with Gasteiger partial charge in [-0.05, 0) is 17.9 Å². The fourth-order valence-corrected chi connectivity index (χ4v) is 5.15. The van der Waals surface area contributed by atoms with Crippen LogP contribution in [0.1, 0.15) is 24.0 Å². The summed E-state index contributed by atoms with van der Waals surface area (Å²) < 4.78 is 25.4. The third-order valence-corrected chi connectivity index (χ3v) is 6.83. The van der Waals surface area contributed by atoms with Crippen molar-refractivity contribution in [1.29, 1.82) is 0 Å². The molecule has 0 aliphatic carbocycles. The highest BCUT2D eigenvalue weighted by molar-refractivity contribution is 7.91. The molecule has 2 aromatic rings. The first kappa shape index (κ1) is 18.8. The van der Waals surface area contributed by atoms with Crippen LogP contribution >= 0.6 is 11.3 Å². The normalized spacial score (nSPS) is 19.6. The second-order valence-electron chi connectivity index (χ2n) is 6.21. The minimum Gasteiger partial charge on any atom is -0.355 e. The standard InChI is InChI=1S/C16H24N6O2S2/c1-2-15-21-19-12-22(15)7-6-17-16(18-10-14-4-3-8-25-14)20-13-5-9-26(23,24)11-13/h3-4,8,12-13H,2,5-7,9-11H2,1H3,(H2,17,18,20). The smallest absolute Gasteiger partial charge is 0.191 e. The summed E-state index contributed by atoms with van der Waals surface area (Å²) in [6.07, 6.45) is 3.17. The molecule has 1 atom stereocenters. The molecule has 3 heterocycles. The maximum absolute atomic E-state index is 11.7. The van der Waals surface area contributed by atoms with Gasteiger partial charge in [-0.25, -0.2) is 13.4 Å². The van der Waals surface area contributed by atoms with Crippen LogP contribution in [0.2, 0.25) is 0 Å². The molecular formula is C16H24N6O2S2. The molecule has 26 heavy (non-hydrogen) atoms. The van der Waals surface area contributed by atoms with Crippen LogP contribution in [-0.2, 0) is 29.3 Å². The lowest BCUT2D eigenvalue weighted by atomic mass is 10.3. The first-order valence-corrected chi connectivity index (χ1v) is 11.4. The zero-order valence-corrected chi connectivity index (χ0v) is 16.4. The second kappa shape index (κ2) is 8.63. The topological polar surface area (TPSA) is 101 Å². The number of nitrogens with one attached hydrogen (secondary N) is 2.